The summed E-state index contributed by atoms with van der Waals surface area (Å²) in [6, 6.07) is -0.539. The Bertz CT molecular complexity index is 1280. The SMILES string of the molecule is CCCCC/C=C\C/C=C\CCCCCCCCCCCC(=O)OCCCCCCCCCCCCCC/C=C\CCCCCCCCCCCCCCCCCC(=O)NC(CO)C(O)CCCCCCCCCCCCCC. The van der Waals surface area contributed by atoms with Gasteiger partial charge in [0.25, 0.3) is 0 Å². The van der Waals surface area contributed by atoms with Gasteiger partial charge in [0.2, 0.25) is 5.91 Å². The van der Waals surface area contributed by atoms with E-state index in [2.05, 4.69) is 55.6 Å². The van der Waals surface area contributed by atoms with Crippen molar-refractivity contribution in [2.45, 2.75) is 405 Å². The molecule has 0 aromatic heterocycles. The zero-order valence-electron chi connectivity index (χ0n) is 53.4. The summed E-state index contributed by atoms with van der Waals surface area (Å²) >= 11 is 0. The fourth-order valence-corrected chi connectivity index (χ4v) is 11.2. The quantitative estimate of drug-likeness (QED) is 0.0320. The maximum Gasteiger partial charge on any atom is 0.305 e. The van der Waals surface area contributed by atoms with Gasteiger partial charge in [-0.25, -0.2) is 0 Å². The van der Waals surface area contributed by atoms with Gasteiger partial charge in [-0.05, 0) is 83.5 Å². The van der Waals surface area contributed by atoms with Crippen LogP contribution in [0.15, 0.2) is 36.5 Å². The summed E-state index contributed by atoms with van der Waals surface area (Å²) < 4.78 is 5.51. The summed E-state index contributed by atoms with van der Waals surface area (Å²) in [6.45, 7) is 4.95. The number of carbonyl (C=O) groups is 2. The number of hydrogen-bond acceptors (Lipinski definition) is 5. The van der Waals surface area contributed by atoms with E-state index in [4.69, 9.17) is 4.74 Å². The summed E-state index contributed by atoms with van der Waals surface area (Å²) in [5.74, 6) is -0.0174. The highest BCUT2D eigenvalue weighted by atomic mass is 16.5. The summed E-state index contributed by atoms with van der Waals surface area (Å²) in [5, 5.41) is 23.3. The number of carbonyl (C=O) groups excluding carboxylic acids is 2. The molecule has 0 bridgehead atoms. The molecule has 0 spiro atoms. The van der Waals surface area contributed by atoms with Gasteiger partial charge in [-0.1, -0.05) is 333 Å². The van der Waals surface area contributed by atoms with Gasteiger partial charge in [0.1, 0.15) is 0 Å². The number of unbranched alkanes of at least 4 members (excludes halogenated alkanes) is 50. The van der Waals surface area contributed by atoms with Crippen LogP contribution >= 0.6 is 0 Å². The number of nitrogens with one attached hydrogen (secondary N) is 1. The van der Waals surface area contributed by atoms with Crippen molar-refractivity contribution in [2.24, 2.45) is 0 Å². The lowest BCUT2D eigenvalue weighted by Crippen LogP contribution is -2.45. The Balaban J connectivity index is 3.33. The van der Waals surface area contributed by atoms with Crippen LogP contribution in [0.1, 0.15) is 393 Å². The van der Waals surface area contributed by atoms with Crippen molar-refractivity contribution in [3.63, 3.8) is 0 Å². The van der Waals surface area contributed by atoms with E-state index in [0.717, 1.165) is 51.4 Å². The van der Waals surface area contributed by atoms with E-state index < -0.39 is 12.1 Å². The summed E-state index contributed by atoms with van der Waals surface area (Å²) in [4.78, 5) is 24.6. The number of rotatable bonds is 67. The molecule has 79 heavy (non-hydrogen) atoms. The molecule has 0 fully saturated rings. The van der Waals surface area contributed by atoms with Crippen molar-refractivity contribution in [1.29, 1.82) is 0 Å². The molecule has 466 valence electrons. The number of allylic oxidation sites excluding steroid dienone is 6. The highest BCUT2D eigenvalue weighted by Gasteiger charge is 2.20. The molecule has 0 aromatic rings. The van der Waals surface area contributed by atoms with Crippen LogP contribution in [-0.4, -0.2) is 47.4 Å². The van der Waals surface area contributed by atoms with Crippen molar-refractivity contribution in [3.8, 4) is 0 Å². The fraction of sp³-hybridized carbons (Fsp3) is 0.890. The number of hydrogen-bond donors (Lipinski definition) is 3. The standard InChI is InChI=1S/C73H139NO5/c1-3-5-7-9-11-13-15-17-18-19-33-37-40-43-47-51-55-59-63-67-73(78)79-68-64-60-56-52-48-44-41-38-35-32-30-28-26-24-22-20-21-23-25-27-29-31-34-36-39-42-46-50-54-58-62-66-72(77)74-70(69-75)71(76)65-61-57-53-49-45-16-14-12-10-8-6-4-2/h11,13,17-18,22,24,70-71,75-76H,3-10,12,14-16,19-21,23,25-69H2,1-2H3,(H,74,77)/b13-11-,18-17-,24-22-. The van der Waals surface area contributed by atoms with E-state index in [1.165, 1.54) is 308 Å². The molecule has 0 saturated carbocycles. The predicted molar refractivity (Wildman–Crippen MR) is 347 cm³/mol. The first kappa shape index (κ1) is 77.1. The molecule has 1 amide bonds. The van der Waals surface area contributed by atoms with Gasteiger partial charge in [-0.3, -0.25) is 9.59 Å². The van der Waals surface area contributed by atoms with Gasteiger partial charge in [-0.2, -0.15) is 0 Å². The third kappa shape index (κ3) is 65.1. The molecule has 0 rings (SSSR count). The molecule has 6 nitrogen and oxygen atoms in total. The second kappa shape index (κ2) is 68.6. The zero-order chi connectivity index (χ0) is 57.1. The number of amides is 1. The lowest BCUT2D eigenvalue weighted by molar-refractivity contribution is -0.143. The van der Waals surface area contributed by atoms with E-state index in [-0.39, 0.29) is 18.5 Å². The van der Waals surface area contributed by atoms with Crippen LogP contribution in [0.4, 0.5) is 0 Å². The van der Waals surface area contributed by atoms with E-state index >= 15 is 0 Å². The first-order valence-electron chi connectivity index (χ1n) is 35.7. The van der Waals surface area contributed by atoms with Crippen LogP contribution in [0.3, 0.4) is 0 Å². The molecule has 2 atom stereocenters. The second-order valence-corrected chi connectivity index (χ2v) is 24.6. The van der Waals surface area contributed by atoms with E-state index in [1.54, 1.807) is 0 Å². The monoisotopic (exact) mass is 1110 g/mol. The van der Waals surface area contributed by atoms with Gasteiger partial charge in [0.15, 0.2) is 0 Å². The van der Waals surface area contributed by atoms with Crippen molar-refractivity contribution >= 4 is 11.9 Å². The molecular formula is C73H139NO5. The van der Waals surface area contributed by atoms with Crippen LogP contribution in [0.2, 0.25) is 0 Å². The third-order valence-corrected chi connectivity index (χ3v) is 16.7. The molecule has 0 aliphatic carbocycles. The van der Waals surface area contributed by atoms with Crippen LogP contribution in [0, 0.1) is 0 Å². The highest BCUT2D eigenvalue weighted by molar-refractivity contribution is 5.76. The Kier molecular flexibility index (Phi) is 66.9. The first-order chi connectivity index (χ1) is 39.0. The molecule has 2 unspecified atom stereocenters. The van der Waals surface area contributed by atoms with Crippen molar-refractivity contribution < 1.29 is 24.5 Å². The summed E-state index contributed by atoms with van der Waals surface area (Å²) in [5.41, 5.74) is 0. The molecule has 0 aliphatic heterocycles. The molecule has 0 aromatic carbocycles. The van der Waals surface area contributed by atoms with Crippen molar-refractivity contribution in [2.75, 3.05) is 13.2 Å². The van der Waals surface area contributed by atoms with Gasteiger partial charge < -0.3 is 20.3 Å². The molecule has 0 heterocycles. The van der Waals surface area contributed by atoms with Gasteiger partial charge >= 0.3 is 5.97 Å². The normalized spacial score (nSPS) is 12.7. The molecule has 3 N–H and O–H groups in total. The Hall–Kier alpha value is -1.92. The summed E-state index contributed by atoms with van der Waals surface area (Å²) in [7, 11) is 0. The van der Waals surface area contributed by atoms with Crippen LogP contribution in [-0.2, 0) is 14.3 Å². The fourth-order valence-electron chi connectivity index (χ4n) is 11.2. The number of ether oxygens (including phenoxy) is 1. The van der Waals surface area contributed by atoms with Crippen LogP contribution in [0.25, 0.3) is 0 Å². The molecule has 6 heteroatoms. The van der Waals surface area contributed by atoms with Crippen molar-refractivity contribution in [1.82, 2.24) is 5.32 Å². The third-order valence-electron chi connectivity index (χ3n) is 16.7. The summed E-state index contributed by atoms with van der Waals surface area (Å²) in [6.07, 6.45) is 87.8. The maximum atomic E-state index is 12.5. The van der Waals surface area contributed by atoms with E-state index in [9.17, 15) is 19.8 Å². The average molecular weight is 1110 g/mol. The van der Waals surface area contributed by atoms with Gasteiger partial charge in [0.05, 0.1) is 25.4 Å². The number of aliphatic hydroxyl groups excluding tert-OH is 2. The molecule has 0 radical (unpaired) electrons. The minimum atomic E-state index is -0.662. The predicted octanol–water partition coefficient (Wildman–Crippen LogP) is 23.1. The largest absolute Gasteiger partial charge is 0.466 e. The molecule has 0 saturated heterocycles. The average Bonchev–Trinajstić information content (AvgIpc) is 3.45. The topological polar surface area (TPSA) is 95.9 Å². The smallest absolute Gasteiger partial charge is 0.305 e. The minimum absolute atomic E-state index is 0.0143. The van der Waals surface area contributed by atoms with Crippen molar-refractivity contribution in [3.05, 3.63) is 36.5 Å². The van der Waals surface area contributed by atoms with Gasteiger partial charge in [-0.15, -0.1) is 0 Å². The first-order valence-corrected chi connectivity index (χ1v) is 35.7. The molecular weight excluding hydrogens is 971 g/mol. The van der Waals surface area contributed by atoms with Crippen LogP contribution < -0.4 is 5.32 Å². The maximum absolute atomic E-state index is 12.5. The van der Waals surface area contributed by atoms with E-state index in [0.29, 0.717) is 25.9 Å². The minimum Gasteiger partial charge on any atom is -0.466 e. The van der Waals surface area contributed by atoms with E-state index in [1.807, 2.05) is 0 Å². The second-order valence-electron chi connectivity index (χ2n) is 24.6. The lowest BCUT2D eigenvalue weighted by atomic mass is 10.0. The van der Waals surface area contributed by atoms with Crippen LogP contribution in [0.5, 0.6) is 0 Å². The zero-order valence-corrected chi connectivity index (χ0v) is 53.4. The Morgan fingerprint density at radius 1 is 0.354 bits per heavy atom. The lowest BCUT2D eigenvalue weighted by Gasteiger charge is -2.22. The Morgan fingerprint density at radius 2 is 0.633 bits per heavy atom. The molecule has 0 aliphatic rings. The Morgan fingerprint density at radius 3 is 1.00 bits per heavy atom. The number of aliphatic hydroxyl groups is 2. The Labute approximate surface area is 494 Å². The van der Waals surface area contributed by atoms with Gasteiger partial charge in [0, 0.05) is 12.8 Å². The highest BCUT2D eigenvalue weighted by Crippen LogP contribution is 2.19. The number of esters is 1.